The van der Waals surface area contributed by atoms with E-state index in [0.717, 1.165) is 41.7 Å². The van der Waals surface area contributed by atoms with Crippen molar-refractivity contribution in [2.45, 2.75) is 52.6 Å². The van der Waals surface area contributed by atoms with Gasteiger partial charge in [0.15, 0.2) is 0 Å². The van der Waals surface area contributed by atoms with Crippen LogP contribution in [0.25, 0.3) is 10.8 Å². The molecule has 0 heterocycles. The molecular weight excluding hydrogens is 440 g/mol. The van der Waals surface area contributed by atoms with Gasteiger partial charge in [-0.2, -0.15) is 0 Å². The molecule has 180 valence electrons. The van der Waals surface area contributed by atoms with E-state index in [0.29, 0.717) is 39.8 Å². The lowest BCUT2D eigenvalue weighted by molar-refractivity contribution is -0.131. The first-order chi connectivity index (χ1) is 16.8. The molecule has 5 heteroatoms. The van der Waals surface area contributed by atoms with Crippen molar-refractivity contribution in [1.82, 2.24) is 0 Å². The smallest absolute Gasteiger partial charge is 0.338 e. The molecule has 0 radical (unpaired) electrons. The van der Waals surface area contributed by atoms with Crippen molar-refractivity contribution < 1.29 is 23.8 Å². The summed E-state index contributed by atoms with van der Waals surface area (Å²) in [7, 11) is 0. The molecule has 3 aromatic carbocycles. The molecule has 5 nitrogen and oxygen atoms in total. The Kier molecular flexibility index (Phi) is 7.06. The molecule has 35 heavy (non-hydrogen) atoms. The van der Waals surface area contributed by atoms with Crippen molar-refractivity contribution in [3.05, 3.63) is 89.5 Å². The number of carbonyl (C=O) groups is 2. The maximum Gasteiger partial charge on any atom is 0.338 e. The average molecular weight is 471 g/mol. The first-order valence-corrected chi connectivity index (χ1v) is 11.9. The van der Waals surface area contributed by atoms with Gasteiger partial charge in [-0.1, -0.05) is 62.5 Å². The number of rotatable bonds is 7. The zero-order chi connectivity index (χ0) is 25.1. The zero-order valence-electron chi connectivity index (χ0n) is 20.5. The quantitative estimate of drug-likeness (QED) is 0.215. The van der Waals surface area contributed by atoms with Crippen molar-refractivity contribution in [3.8, 4) is 17.2 Å². The second-order valence-electron chi connectivity index (χ2n) is 8.90. The Morgan fingerprint density at radius 3 is 2.09 bits per heavy atom. The summed E-state index contributed by atoms with van der Waals surface area (Å²) < 4.78 is 18.4. The highest BCUT2D eigenvalue weighted by Crippen LogP contribution is 2.49. The van der Waals surface area contributed by atoms with Crippen LogP contribution in [0.2, 0.25) is 0 Å². The van der Waals surface area contributed by atoms with Gasteiger partial charge in [-0.25, -0.2) is 9.59 Å². The maximum absolute atomic E-state index is 12.7. The molecule has 1 aliphatic rings. The summed E-state index contributed by atoms with van der Waals surface area (Å²) in [6.07, 6.45) is 2.66. The van der Waals surface area contributed by atoms with E-state index in [4.69, 9.17) is 14.2 Å². The summed E-state index contributed by atoms with van der Waals surface area (Å²) in [6, 6.07) is 15.4. The molecule has 0 bridgehead atoms. The van der Waals surface area contributed by atoms with Crippen LogP contribution in [0.15, 0.2) is 72.8 Å². The lowest BCUT2D eigenvalue weighted by Gasteiger charge is -2.31. The molecule has 0 aromatic heterocycles. The van der Waals surface area contributed by atoms with Crippen LogP contribution >= 0.6 is 0 Å². The molecule has 0 N–H and O–H groups in total. The van der Waals surface area contributed by atoms with Crippen LogP contribution < -0.4 is 14.2 Å². The number of aryl methyl sites for hydroxylation is 1. The van der Waals surface area contributed by atoms with E-state index < -0.39 is 11.9 Å². The topological polar surface area (TPSA) is 61.8 Å². The Morgan fingerprint density at radius 2 is 1.46 bits per heavy atom. The molecule has 1 atom stereocenters. The standard InChI is InChI=1S/C30H30O5/c1-6-20-12-7-10-16-24(20)33-25-17-11-15-23-26(25)28(35-30(32)19(4)5)22-14-9-8-13-21(22)27(23)34-29(31)18(2)3/h7-10,12-14,16,25H,2,4,6,11,15,17H2,1,3,5H3. The van der Waals surface area contributed by atoms with Gasteiger partial charge in [0.25, 0.3) is 0 Å². The predicted octanol–water partition coefficient (Wildman–Crippen LogP) is 6.82. The lowest BCUT2D eigenvalue weighted by atomic mass is 9.85. The number of carbonyl (C=O) groups excluding carboxylic acids is 2. The Bertz CT molecular complexity index is 1330. The third-order valence-electron chi connectivity index (χ3n) is 6.18. The van der Waals surface area contributed by atoms with E-state index in [2.05, 4.69) is 20.1 Å². The monoisotopic (exact) mass is 470 g/mol. The first-order valence-electron chi connectivity index (χ1n) is 11.9. The summed E-state index contributed by atoms with van der Waals surface area (Å²) in [6.45, 7) is 12.8. The molecular formula is C30H30O5. The highest BCUT2D eigenvalue weighted by atomic mass is 16.5. The highest BCUT2D eigenvalue weighted by molar-refractivity contribution is 6.01. The fourth-order valence-corrected chi connectivity index (χ4v) is 4.41. The third kappa shape index (κ3) is 4.85. The molecule has 1 aliphatic carbocycles. The summed E-state index contributed by atoms with van der Waals surface area (Å²) in [5.74, 6) is 0.678. The Labute approximate surface area is 206 Å². The third-order valence-corrected chi connectivity index (χ3v) is 6.18. The van der Waals surface area contributed by atoms with Crippen LogP contribution in [-0.2, 0) is 22.4 Å². The molecule has 4 rings (SSSR count). The molecule has 0 saturated heterocycles. The van der Waals surface area contributed by atoms with E-state index in [1.165, 1.54) is 0 Å². The number of ether oxygens (including phenoxy) is 3. The first kappa shape index (κ1) is 24.3. The summed E-state index contributed by atoms with van der Waals surface area (Å²) in [5, 5.41) is 1.37. The van der Waals surface area contributed by atoms with Gasteiger partial charge >= 0.3 is 11.9 Å². The van der Waals surface area contributed by atoms with Crippen LogP contribution in [0.3, 0.4) is 0 Å². The zero-order valence-corrected chi connectivity index (χ0v) is 20.5. The minimum atomic E-state index is -0.512. The van der Waals surface area contributed by atoms with Gasteiger partial charge in [0.05, 0.1) is 0 Å². The van der Waals surface area contributed by atoms with E-state index in [1.54, 1.807) is 13.8 Å². The van der Waals surface area contributed by atoms with E-state index in [9.17, 15) is 9.59 Å². The molecule has 0 spiro atoms. The fourth-order valence-electron chi connectivity index (χ4n) is 4.41. The molecule has 0 amide bonds. The molecule has 0 fully saturated rings. The summed E-state index contributed by atoms with van der Waals surface area (Å²) >= 11 is 0. The van der Waals surface area contributed by atoms with Crippen molar-refractivity contribution in [1.29, 1.82) is 0 Å². The van der Waals surface area contributed by atoms with Crippen molar-refractivity contribution in [3.63, 3.8) is 0 Å². The minimum absolute atomic E-state index is 0.297. The number of para-hydroxylation sites is 1. The normalized spacial score (nSPS) is 14.7. The molecule has 3 aromatic rings. The highest BCUT2D eigenvalue weighted by Gasteiger charge is 2.33. The summed E-state index contributed by atoms with van der Waals surface area (Å²) in [5.41, 5.74) is 3.24. The van der Waals surface area contributed by atoms with Gasteiger partial charge in [-0.15, -0.1) is 0 Å². The molecule has 0 aliphatic heterocycles. The lowest BCUT2D eigenvalue weighted by Crippen LogP contribution is -2.21. The van der Waals surface area contributed by atoms with Crippen LogP contribution in [0.5, 0.6) is 17.2 Å². The van der Waals surface area contributed by atoms with E-state index in [1.807, 2.05) is 48.5 Å². The van der Waals surface area contributed by atoms with Crippen LogP contribution in [0.4, 0.5) is 0 Å². The van der Waals surface area contributed by atoms with Crippen molar-refractivity contribution in [2.75, 3.05) is 0 Å². The number of fused-ring (bicyclic) bond motifs is 2. The Hall–Kier alpha value is -3.86. The van der Waals surface area contributed by atoms with E-state index in [-0.39, 0.29) is 6.10 Å². The van der Waals surface area contributed by atoms with Gasteiger partial charge in [0, 0.05) is 33.0 Å². The Morgan fingerprint density at radius 1 is 0.886 bits per heavy atom. The average Bonchev–Trinajstić information content (AvgIpc) is 2.85. The van der Waals surface area contributed by atoms with Gasteiger partial charge in [-0.05, 0) is 51.2 Å². The number of hydrogen-bond donors (Lipinski definition) is 0. The Balaban J connectivity index is 1.96. The summed E-state index contributed by atoms with van der Waals surface area (Å²) in [4.78, 5) is 25.3. The number of benzene rings is 3. The number of hydrogen-bond acceptors (Lipinski definition) is 5. The minimum Gasteiger partial charge on any atom is -0.485 e. The van der Waals surface area contributed by atoms with Crippen molar-refractivity contribution >= 4 is 22.7 Å². The second kappa shape index (κ2) is 10.2. The SMILES string of the molecule is C=C(C)C(=O)Oc1c2c(c(OC(=O)C(=C)C)c3ccccc13)C(Oc1ccccc1CC)CCC2. The van der Waals surface area contributed by atoms with Crippen LogP contribution in [-0.4, -0.2) is 11.9 Å². The van der Waals surface area contributed by atoms with Crippen LogP contribution in [0.1, 0.15) is 56.4 Å². The second-order valence-corrected chi connectivity index (χ2v) is 8.90. The maximum atomic E-state index is 12.7. The molecule has 0 saturated carbocycles. The molecule has 1 unspecified atom stereocenters. The van der Waals surface area contributed by atoms with Gasteiger partial charge in [0.2, 0.25) is 0 Å². The fraction of sp³-hybridized carbons (Fsp3) is 0.267. The largest absolute Gasteiger partial charge is 0.485 e. The van der Waals surface area contributed by atoms with Crippen molar-refractivity contribution in [2.24, 2.45) is 0 Å². The van der Waals surface area contributed by atoms with Gasteiger partial charge in [-0.3, -0.25) is 0 Å². The number of esters is 2. The predicted molar refractivity (Wildman–Crippen MR) is 137 cm³/mol. The van der Waals surface area contributed by atoms with E-state index >= 15 is 0 Å². The van der Waals surface area contributed by atoms with Gasteiger partial charge in [0.1, 0.15) is 23.4 Å². The van der Waals surface area contributed by atoms with Gasteiger partial charge < -0.3 is 14.2 Å². The van der Waals surface area contributed by atoms with Crippen LogP contribution in [0, 0.1) is 0 Å².